The fraction of sp³-hybridized carbons (Fsp3) is 0.865. The van der Waals surface area contributed by atoms with Crippen molar-refractivity contribution < 1.29 is 44.5 Å². The zero-order valence-corrected chi connectivity index (χ0v) is 29.2. The third kappa shape index (κ3) is 5.59. The molecule has 0 aromatic carbocycles. The monoisotopic (exact) mass is 648 g/mol. The van der Waals surface area contributed by atoms with Gasteiger partial charge in [0.1, 0.15) is 30.7 Å². The Morgan fingerprint density at radius 2 is 1.72 bits per heavy atom. The molecule has 4 aliphatic carbocycles. The van der Waals surface area contributed by atoms with Gasteiger partial charge in [-0.1, -0.05) is 58.4 Å². The van der Waals surface area contributed by atoms with E-state index in [1.165, 1.54) is 6.29 Å². The van der Waals surface area contributed by atoms with Crippen LogP contribution in [0.4, 0.5) is 0 Å². The van der Waals surface area contributed by atoms with Gasteiger partial charge in [0.25, 0.3) is 0 Å². The van der Waals surface area contributed by atoms with Crippen LogP contribution in [0.2, 0.25) is 0 Å². The molecule has 1 heterocycles. The normalized spacial score (nSPS) is 47.9. The Balaban J connectivity index is 1.45. The molecule has 5 rings (SSSR count). The molecular formula is C37H60O9. The summed E-state index contributed by atoms with van der Waals surface area (Å²) in [5.41, 5.74) is -0.888. The Labute approximate surface area is 275 Å². The molecule has 9 heteroatoms. The fourth-order valence-electron chi connectivity index (χ4n) is 11.0. The second kappa shape index (κ2) is 12.6. The maximum Gasteiger partial charge on any atom is 0.187 e. The molecule has 5 aliphatic rings. The average molecular weight is 649 g/mol. The predicted octanol–water partition coefficient (Wildman–Crippen LogP) is 3.93. The molecule has 46 heavy (non-hydrogen) atoms. The third-order valence-electron chi connectivity index (χ3n) is 13.8. The maximum atomic E-state index is 13.6. The second-order valence-corrected chi connectivity index (χ2v) is 17.0. The van der Waals surface area contributed by atoms with Gasteiger partial charge in [-0.2, -0.15) is 0 Å². The number of aliphatic hydroxyl groups is 5. The Kier molecular flexibility index (Phi) is 9.91. The van der Waals surface area contributed by atoms with Crippen molar-refractivity contribution >= 4 is 6.29 Å². The van der Waals surface area contributed by atoms with E-state index in [4.69, 9.17) is 14.2 Å². The van der Waals surface area contributed by atoms with Gasteiger partial charge >= 0.3 is 0 Å². The molecule has 9 nitrogen and oxygen atoms in total. The van der Waals surface area contributed by atoms with E-state index in [-0.39, 0.29) is 28.8 Å². The fourth-order valence-corrected chi connectivity index (χ4v) is 11.0. The lowest BCUT2D eigenvalue weighted by molar-refractivity contribution is -0.320. The first-order valence-corrected chi connectivity index (χ1v) is 17.5. The number of aldehydes is 1. The van der Waals surface area contributed by atoms with E-state index in [9.17, 15) is 30.3 Å². The number of allylic oxidation sites excluding steroid dienone is 1. The molecule has 0 aromatic heterocycles. The predicted molar refractivity (Wildman–Crippen MR) is 173 cm³/mol. The van der Waals surface area contributed by atoms with Crippen LogP contribution in [0.1, 0.15) is 93.4 Å². The van der Waals surface area contributed by atoms with E-state index < -0.39 is 59.8 Å². The summed E-state index contributed by atoms with van der Waals surface area (Å²) < 4.78 is 18.4. The molecule has 0 radical (unpaired) electrons. The third-order valence-corrected chi connectivity index (χ3v) is 13.8. The summed E-state index contributed by atoms with van der Waals surface area (Å²) in [6, 6.07) is 0. The Morgan fingerprint density at radius 1 is 1.02 bits per heavy atom. The van der Waals surface area contributed by atoms with Crippen LogP contribution in [0.25, 0.3) is 0 Å². The number of carbonyl (C=O) groups is 1. The second-order valence-electron chi connectivity index (χ2n) is 17.0. The molecule has 1 saturated heterocycles. The topological polar surface area (TPSA) is 146 Å². The van der Waals surface area contributed by atoms with Crippen LogP contribution >= 0.6 is 0 Å². The van der Waals surface area contributed by atoms with Crippen molar-refractivity contribution in [1.29, 1.82) is 0 Å². The number of carbonyl (C=O) groups excluding carboxylic acids is 1. The minimum absolute atomic E-state index is 0.0258. The first kappa shape index (κ1) is 36.1. The summed E-state index contributed by atoms with van der Waals surface area (Å²) in [7, 11) is 1.75. The summed E-state index contributed by atoms with van der Waals surface area (Å²) >= 11 is 0. The summed E-state index contributed by atoms with van der Waals surface area (Å²) in [5, 5.41) is 51.2. The molecule has 3 saturated carbocycles. The van der Waals surface area contributed by atoms with Crippen LogP contribution in [0.3, 0.4) is 0 Å². The number of fused-ring (bicyclic) bond motifs is 5. The highest BCUT2D eigenvalue weighted by atomic mass is 16.7. The summed E-state index contributed by atoms with van der Waals surface area (Å²) in [4.78, 5) is 13.6. The van der Waals surface area contributed by atoms with Crippen LogP contribution in [0.15, 0.2) is 23.8 Å². The highest BCUT2D eigenvalue weighted by molar-refractivity contribution is 5.65. The van der Waals surface area contributed by atoms with Gasteiger partial charge in [-0.05, 0) is 87.4 Å². The largest absolute Gasteiger partial charge is 0.394 e. The number of hydrogen-bond donors (Lipinski definition) is 5. The molecule has 14 atom stereocenters. The lowest BCUT2D eigenvalue weighted by Crippen LogP contribution is -2.65. The zero-order chi connectivity index (χ0) is 34.0. The molecule has 0 bridgehead atoms. The van der Waals surface area contributed by atoms with E-state index >= 15 is 0 Å². The average Bonchev–Trinajstić information content (AvgIpc) is 3.28. The lowest BCUT2D eigenvalue weighted by Gasteiger charge is -2.66. The van der Waals surface area contributed by atoms with Crippen LogP contribution < -0.4 is 0 Å². The smallest absolute Gasteiger partial charge is 0.187 e. The minimum atomic E-state index is -1.51. The van der Waals surface area contributed by atoms with E-state index in [2.05, 4.69) is 46.8 Å². The van der Waals surface area contributed by atoms with Crippen LogP contribution in [0, 0.1) is 45.3 Å². The van der Waals surface area contributed by atoms with Crippen LogP contribution in [0.5, 0.6) is 0 Å². The van der Waals surface area contributed by atoms with Crippen molar-refractivity contribution in [3.8, 4) is 0 Å². The Morgan fingerprint density at radius 3 is 2.33 bits per heavy atom. The van der Waals surface area contributed by atoms with Crippen LogP contribution in [-0.2, 0) is 19.0 Å². The molecular weight excluding hydrogens is 588 g/mol. The lowest BCUT2D eigenvalue weighted by atomic mass is 9.38. The quantitative estimate of drug-likeness (QED) is 0.185. The number of hydrogen-bond acceptors (Lipinski definition) is 9. The summed E-state index contributed by atoms with van der Waals surface area (Å²) in [6.07, 6.45) is 6.41. The molecule has 0 amide bonds. The summed E-state index contributed by atoms with van der Waals surface area (Å²) in [5.74, 6) is 0.992. The van der Waals surface area contributed by atoms with Crippen molar-refractivity contribution in [2.24, 2.45) is 45.3 Å². The Bertz CT molecular complexity index is 1170. The van der Waals surface area contributed by atoms with Gasteiger partial charge in [0.2, 0.25) is 0 Å². The molecule has 1 aliphatic heterocycles. The first-order valence-electron chi connectivity index (χ1n) is 17.5. The van der Waals surface area contributed by atoms with Crippen molar-refractivity contribution in [3.05, 3.63) is 23.8 Å². The van der Waals surface area contributed by atoms with Crippen molar-refractivity contribution in [1.82, 2.24) is 0 Å². The molecule has 4 fully saturated rings. The van der Waals surface area contributed by atoms with E-state index in [1.807, 2.05) is 6.08 Å². The molecule has 0 aromatic rings. The molecule has 5 N–H and O–H groups in total. The Hall–Kier alpha value is -1.17. The van der Waals surface area contributed by atoms with Crippen molar-refractivity contribution in [2.45, 2.75) is 142 Å². The number of rotatable bonds is 9. The van der Waals surface area contributed by atoms with Crippen molar-refractivity contribution in [3.63, 3.8) is 0 Å². The van der Waals surface area contributed by atoms with Gasteiger partial charge in [0.15, 0.2) is 6.29 Å². The minimum Gasteiger partial charge on any atom is -0.394 e. The van der Waals surface area contributed by atoms with Crippen molar-refractivity contribution in [2.75, 3.05) is 13.7 Å². The first-order chi connectivity index (χ1) is 21.4. The number of methoxy groups -OCH3 is 1. The van der Waals surface area contributed by atoms with Crippen LogP contribution in [-0.4, -0.2) is 94.1 Å². The highest BCUT2D eigenvalue weighted by Crippen LogP contribution is 2.75. The van der Waals surface area contributed by atoms with E-state index in [0.717, 1.165) is 44.1 Å². The summed E-state index contributed by atoms with van der Waals surface area (Å²) in [6.45, 7) is 14.5. The highest BCUT2D eigenvalue weighted by Gasteiger charge is 2.71. The number of aliphatic hydroxyl groups excluding tert-OH is 4. The molecule has 262 valence electrons. The van der Waals surface area contributed by atoms with E-state index in [1.54, 1.807) is 21.0 Å². The maximum absolute atomic E-state index is 13.6. The van der Waals surface area contributed by atoms with Gasteiger partial charge < -0.3 is 44.5 Å². The molecule has 0 unspecified atom stereocenters. The SMILES string of the molecule is CO[C@H]1C=C2[C@@H](CC[C@H](O[C@@H]3O[C@H](CO)[C@@H](O)[C@@H](O)[C@H]3O)C2(C)C)[C@]2(C=O)CC[C@]3(C)[C@@H]([C@H](C)C/C=C/C(C)(C)O)CC[C@@]3(C)[C@H]12. The van der Waals surface area contributed by atoms with E-state index in [0.29, 0.717) is 18.3 Å². The van der Waals surface area contributed by atoms with Gasteiger partial charge in [-0.15, -0.1) is 0 Å². The standard InChI is InChI=1S/C37H60O9/c1-21(10-9-14-33(2,3)43)22-13-15-36(7)31-25(44-8)18-24-23(37(31,20-39)17-16-35(22,36)6)11-12-27(34(24,4)5)46-32-30(42)29(41)28(40)26(19-38)45-32/h9,14,18,20-23,25-32,38,40-43H,10-13,15-17,19H2,1-8H3/b14-9+/t21-,22-,23-,25+,26-,27+,28-,29-,30-,31+,32+,35-,36+,37-/m1/s1. The van der Waals surface area contributed by atoms with Gasteiger partial charge in [0.05, 0.1) is 24.4 Å². The van der Waals surface area contributed by atoms with Gasteiger partial charge in [0, 0.05) is 23.9 Å². The number of ether oxygens (including phenoxy) is 3. The van der Waals surface area contributed by atoms with Gasteiger partial charge in [-0.3, -0.25) is 0 Å². The zero-order valence-electron chi connectivity index (χ0n) is 29.2. The molecule has 0 spiro atoms. The van der Waals surface area contributed by atoms with Gasteiger partial charge in [-0.25, -0.2) is 0 Å².